The van der Waals surface area contributed by atoms with Crippen molar-refractivity contribution in [3.8, 4) is 5.69 Å². The summed E-state index contributed by atoms with van der Waals surface area (Å²) in [4.78, 5) is 4.58. The Balaban J connectivity index is 1.31. The third-order valence-corrected chi connectivity index (χ3v) is 8.20. The van der Waals surface area contributed by atoms with Crippen molar-refractivity contribution in [3.63, 3.8) is 0 Å². The molecule has 0 unspecified atom stereocenters. The zero-order valence-electron chi connectivity index (χ0n) is 20.9. The molecule has 0 radical (unpaired) electrons. The van der Waals surface area contributed by atoms with Crippen LogP contribution < -0.4 is 0 Å². The first-order valence-corrected chi connectivity index (χ1v) is 13.5. The van der Waals surface area contributed by atoms with Crippen LogP contribution in [0.2, 0.25) is 0 Å². The lowest BCUT2D eigenvalue weighted by molar-refractivity contribution is 0.0841. The van der Waals surface area contributed by atoms with Crippen molar-refractivity contribution >= 4 is 21.8 Å². The third-order valence-electron chi connectivity index (χ3n) is 8.20. The first kappa shape index (κ1) is 22.7. The smallest absolute Gasteiger partial charge is 0.153 e. The van der Waals surface area contributed by atoms with E-state index < -0.39 is 0 Å². The van der Waals surface area contributed by atoms with Crippen molar-refractivity contribution in [2.75, 3.05) is 13.2 Å². The van der Waals surface area contributed by atoms with Crippen molar-refractivity contribution in [2.45, 2.75) is 63.3 Å². The van der Waals surface area contributed by atoms with Crippen LogP contribution >= 0.6 is 0 Å². The summed E-state index contributed by atoms with van der Waals surface area (Å²) < 4.78 is 24.0. The number of hydrogen-bond donors (Lipinski definition) is 1. The Bertz CT molecular complexity index is 1540. The van der Waals surface area contributed by atoms with Gasteiger partial charge in [-0.2, -0.15) is 10.2 Å². The summed E-state index contributed by atoms with van der Waals surface area (Å²) in [5.74, 6) is 1.71. The molecule has 1 saturated carbocycles. The molecule has 2 fully saturated rings. The number of ether oxygens (including phenoxy) is 1. The standard InChI is InChI=1S/C29H31FN6O/c30-22-6-8-23(9-7-22)36-27-15-21-17-32-33-26(21)16-25(27)24(28(36)19-10-13-37-14-11-19)5-2-12-35-18-31-29(34-35)20-3-1-4-20/h6-9,15-20H,1-5,10-14H2,(H,32,33). The van der Waals surface area contributed by atoms with Gasteiger partial charge in [0.25, 0.3) is 0 Å². The summed E-state index contributed by atoms with van der Waals surface area (Å²) in [6, 6.07) is 11.3. The number of nitrogens with zero attached hydrogens (tertiary/aromatic N) is 5. The minimum absolute atomic E-state index is 0.223. The summed E-state index contributed by atoms with van der Waals surface area (Å²) in [7, 11) is 0. The first-order chi connectivity index (χ1) is 18.2. The molecule has 1 aliphatic heterocycles. The molecule has 37 heavy (non-hydrogen) atoms. The number of hydrogen-bond acceptors (Lipinski definition) is 4. The van der Waals surface area contributed by atoms with E-state index in [9.17, 15) is 4.39 Å². The monoisotopic (exact) mass is 498 g/mol. The van der Waals surface area contributed by atoms with E-state index in [1.54, 1.807) is 12.1 Å². The second-order valence-corrected chi connectivity index (χ2v) is 10.5. The van der Waals surface area contributed by atoms with Gasteiger partial charge in [-0.05, 0) is 80.5 Å². The fraction of sp³-hybridized carbons (Fsp3) is 0.414. The Morgan fingerprint density at radius 2 is 1.86 bits per heavy atom. The number of aryl methyl sites for hydroxylation is 2. The zero-order chi connectivity index (χ0) is 24.8. The van der Waals surface area contributed by atoms with Gasteiger partial charge in [0.1, 0.15) is 12.1 Å². The summed E-state index contributed by atoms with van der Waals surface area (Å²) >= 11 is 0. The normalized spacial score (nSPS) is 17.1. The van der Waals surface area contributed by atoms with Gasteiger partial charge in [-0.25, -0.2) is 9.37 Å². The summed E-state index contributed by atoms with van der Waals surface area (Å²) in [6.45, 7) is 2.37. The molecule has 4 heterocycles. The second-order valence-electron chi connectivity index (χ2n) is 10.5. The minimum atomic E-state index is -0.223. The Kier molecular flexibility index (Phi) is 5.76. The van der Waals surface area contributed by atoms with Crippen LogP contribution in [0.15, 0.2) is 48.9 Å². The predicted octanol–water partition coefficient (Wildman–Crippen LogP) is 6.03. The molecule has 0 atom stereocenters. The topological polar surface area (TPSA) is 73.6 Å². The summed E-state index contributed by atoms with van der Waals surface area (Å²) in [6.07, 6.45) is 11.3. The molecular formula is C29H31FN6O. The van der Waals surface area contributed by atoms with Gasteiger partial charge in [0.05, 0.1) is 17.2 Å². The Labute approximate surface area is 214 Å². The maximum absolute atomic E-state index is 13.9. The molecule has 0 spiro atoms. The van der Waals surface area contributed by atoms with Crippen molar-refractivity contribution < 1.29 is 9.13 Å². The quantitative estimate of drug-likeness (QED) is 0.297. The molecule has 1 N–H and O–H groups in total. The molecule has 1 saturated heterocycles. The van der Waals surface area contributed by atoms with Gasteiger partial charge in [-0.15, -0.1) is 0 Å². The number of H-pyrrole nitrogens is 1. The molecule has 0 bridgehead atoms. The van der Waals surface area contributed by atoms with E-state index in [0.717, 1.165) is 73.4 Å². The van der Waals surface area contributed by atoms with Crippen LogP contribution in [0.5, 0.6) is 0 Å². The van der Waals surface area contributed by atoms with Gasteiger partial charge in [0.15, 0.2) is 5.82 Å². The Morgan fingerprint density at radius 1 is 1.03 bits per heavy atom. The van der Waals surface area contributed by atoms with Crippen LogP contribution in [0.4, 0.5) is 4.39 Å². The van der Waals surface area contributed by atoms with Gasteiger partial charge < -0.3 is 9.30 Å². The Morgan fingerprint density at radius 3 is 2.65 bits per heavy atom. The van der Waals surface area contributed by atoms with E-state index in [4.69, 9.17) is 9.84 Å². The minimum Gasteiger partial charge on any atom is -0.381 e. The highest BCUT2D eigenvalue weighted by Crippen LogP contribution is 2.40. The molecule has 5 aromatic rings. The number of aromatic amines is 1. The fourth-order valence-corrected chi connectivity index (χ4v) is 6.03. The van der Waals surface area contributed by atoms with Gasteiger partial charge in [-0.1, -0.05) is 6.42 Å². The van der Waals surface area contributed by atoms with Gasteiger partial charge >= 0.3 is 0 Å². The van der Waals surface area contributed by atoms with Crippen molar-refractivity contribution in [2.24, 2.45) is 0 Å². The van der Waals surface area contributed by atoms with Crippen molar-refractivity contribution in [1.29, 1.82) is 0 Å². The lowest BCUT2D eigenvalue weighted by Crippen LogP contribution is -2.18. The third kappa shape index (κ3) is 4.13. The summed E-state index contributed by atoms with van der Waals surface area (Å²) in [5.41, 5.74) is 5.86. The van der Waals surface area contributed by atoms with E-state index in [1.165, 1.54) is 35.9 Å². The van der Waals surface area contributed by atoms with E-state index in [2.05, 4.69) is 31.9 Å². The molecule has 7 nitrogen and oxygen atoms in total. The van der Waals surface area contributed by atoms with Crippen molar-refractivity contribution in [1.82, 2.24) is 29.5 Å². The van der Waals surface area contributed by atoms with E-state index in [0.29, 0.717) is 11.8 Å². The molecule has 2 aliphatic rings. The molecule has 1 aliphatic carbocycles. The fourth-order valence-electron chi connectivity index (χ4n) is 6.03. The SMILES string of the molecule is Fc1ccc(-n2c(C3CCOCC3)c(CCCn3cnc(C4CCC4)n3)c3cc4[nH]ncc4cc32)cc1. The first-order valence-electron chi connectivity index (χ1n) is 13.5. The van der Waals surface area contributed by atoms with E-state index in [-0.39, 0.29) is 5.82 Å². The maximum atomic E-state index is 13.9. The van der Waals surface area contributed by atoms with Gasteiger partial charge in [-0.3, -0.25) is 9.78 Å². The lowest BCUT2D eigenvalue weighted by Gasteiger charge is -2.26. The number of benzene rings is 2. The number of fused-ring (bicyclic) bond motifs is 2. The van der Waals surface area contributed by atoms with Crippen molar-refractivity contribution in [3.05, 3.63) is 71.8 Å². The Hall–Kier alpha value is -3.52. The predicted molar refractivity (Wildman–Crippen MR) is 141 cm³/mol. The van der Waals surface area contributed by atoms with Crippen LogP contribution in [0.1, 0.15) is 67.4 Å². The highest BCUT2D eigenvalue weighted by Gasteiger charge is 2.27. The number of rotatable bonds is 7. The number of nitrogens with one attached hydrogen (secondary N) is 1. The highest BCUT2D eigenvalue weighted by atomic mass is 19.1. The molecule has 190 valence electrons. The van der Waals surface area contributed by atoms with Gasteiger partial charge in [0, 0.05) is 53.7 Å². The molecule has 2 aromatic carbocycles. The average molecular weight is 499 g/mol. The average Bonchev–Trinajstić information content (AvgIpc) is 3.61. The van der Waals surface area contributed by atoms with Crippen LogP contribution in [-0.4, -0.2) is 42.7 Å². The summed E-state index contributed by atoms with van der Waals surface area (Å²) in [5, 5.41) is 14.5. The maximum Gasteiger partial charge on any atom is 0.153 e. The number of halogens is 1. The highest BCUT2D eigenvalue weighted by molar-refractivity contribution is 5.98. The zero-order valence-corrected chi connectivity index (χ0v) is 20.9. The van der Waals surface area contributed by atoms with Crippen LogP contribution in [0.3, 0.4) is 0 Å². The van der Waals surface area contributed by atoms with Gasteiger partial charge in [0.2, 0.25) is 0 Å². The van der Waals surface area contributed by atoms with Crippen LogP contribution in [0, 0.1) is 5.82 Å². The molecule has 8 heteroatoms. The van der Waals surface area contributed by atoms with E-state index in [1.807, 2.05) is 29.3 Å². The lowest BCUT2D eigenvalue weighted by atomic mass is 9.85. The molecule has 7 rings (SSSR count). The molecular weight excluding hydrogens is 467 g/mol. The molecule has 3 aromatic heterocycles. The van der Waals surface area contributed by atoms with E-state index >= 15 is 0 Å². The second kappa shape index (κ2) is 9.41. The largest absolute Gasteiger partial charge is 0.381 e. The van der Waals surface area contributed by atoms with Crippen LogP contribution in [-0.2, 0) is 17.7 Å². The van der Waals surface area contributed by atoms with Crippen LogP contribution in [0.25, 0.3) is 27.5 Å². The number of aromatic nitrogens is 6. The molecule has 0 amide bonds.